The van der Waals surface area contributed by atoms with Gasteiger partial charge < -0.3 is 14.6 Å². The second kappa shape index (κ2) is 7.54. The van der Waals surface area contributed by atoms with Crippen LogP contribution in [0.1, 0.15) is 67.8 Å². The van der Waals surface area contributed by atoms with E-state index >= 15 is 0 Å². The minimum absolute atomic E-state index is 0.0562. The van der Waals surface area contributed by atoms with E-state index in [9.17, 15) is 4.79 Å². The van der Waals surface area contributed by atoms with E-state index in [1.54, 1.807) is 0 Å². The van der Waals surface area contributed by atoms with Crippen molar-refractivity contribution in [1.29, 1.82) is 0 Å². The van der Waals surface area contributed by atoms with Crippen molar-refractivity contribution in [2.24, 2.45) is 0 Å². The molecule has 2 fully saturated rings. The molecule has 7 heteroatoms. The molecule has 1 unspecified atom stereocenters. The van der Waals surface area contributed by atoms with E-state index in [-0.39, 0.29) is 24.0 Å². The first-order valence-electron chi connectivity index (χ1n) is 10.4. The SMILES string of the molecule is O=C(NC1CCCC1)N1c2ccccc2CC1c1noc(C2CCOCC2)n1. The molecule has 1 saturated heterocycles. The number of carbonyl (C=O) groups excluding carboxylic acids is 1. The number of aromatic nitrogens is 2. The molecule has 3 heterocycles. The summed E-state index contributed by atoms with van der Waals surface area (Å²) in [6.45, 7) is 1.46. The van der Waals surface area contributed by atoms with Gasteiger partial charge in [-0.25, -0.2) is 4.79 Å². The Balaban J connectivity index is 1.41. The molecule has 3 aliphatic rings. The van der Waals surface area contributed by atoms with Crippen LogP contribution < -0.4 is 10.2 Å². The lowest BCUT2D eigenvalue weighted by atomic mass is 10.0. The monoisotopic (exact) mass is 382 g/mol. The number of nitrogens with one attached hydrogen (secondary N) is 1. The van der Waals surface area contributed by atoms with Crippen LogP contribution >= 0.6 is 0 Å². The highest BCUT2D eigenvalue weighted by atomic mass is 16.5. The minimum atomic E-state index is -0.226. The number of ether oxygens (including phenoxy) is 1. The first-order chi connectivity index (χ1) is 13.8. The highest BCUT2D eigenvalue weighted by Gasteiger charge is 2.39. The molecule has 1 saturated carbocycles. The number of anilines is 1. The van der Waals surface area contributed by atoms with Gasteiger partial charge in [0.05, 0.1) is 0 Å². The van der Waals surface area contributed by atoms with Crippen molar-refractivity contribution >= 4 is 11.7 Å². The number of fused-ring (bicyclic) bond motifs is 1. The van der Waals surface area contributed by atoms with E-state index in [0.717, 1.165) is 50.1 Å². The highest BCUT2D eigenvalue weighted by Crippen LogP contribution is 2.40. The van der Waals surface area contributed by atoms with Gasteiger partial charge in [-0.3, -0.25) is 4.90 Å². The van der Waals surface area contributed by atoms with Crippen LogP contribution in [0.3, 0.4) is 0 Å². The van der Waals surface area contributed by atoms with Crippen LogP contribution in [-0.4, -0.2) is 35.4 Å². The Morgan fingerprint density at radius 1 is 1.11 bits per heavy atom. The third-order valence-corrected chi connectivity index (χ3v) is 6.20. The molecule has 2 amide bonds. The summed E-state index contributed by atoms with van der Waals surface area (Å²) in [7, 11) is 0. The summed E-state index contributed by atoms with van der Waals surface area (Å²) in [6.07, 6.45) is 7.00. The molecule has 1 aromatic carbocycles. The molecule has 148 valence electrons. The van der Waals surface area contributed by atoms with Crippen molar-refractivity contribution in [2.75, 3.05) is 18.1 Å². The van der Waals surface area contributed by atoms with Crippen LogP contribution in [0.15, 0.2) is 28.8 Å². The third-order valence-electron chi connectivity index (χ3n) is 6.20. The largest absolute Gasteiger partial charge is 0.381 e. The van der Waals surface area contributed by atoms with Gasteiger partial charge >= 0.3 is 6.03 Å². The van der Waals surface area contributed by atoms with Gasteiger partial charge in [0, 0.05) is 37.3 Å². The van der Waals surface area contributed by atoms with Crippen molar-refractivity contribution < 1.29 is 14.1 Å². The fourth-order valence-electron chi connectivity index (χ4n) is 4.65. The Kier molecular flexibility index (Phi) is 4.76. The molecule has 0 bridgehead atoms. The summed E-state index contributed by atoms with van der Waals surface area (Å²) in [6, 6.07) is 8.05. The molecule has 2 aliphatic heterocycles. The molecule has 1 N–H and O–H groups in total. The number of carbonyl (C=O) groups is 1. The maximum absolute atomic E-state index is 13.2. The molecular weight excluding hydrogens is 356 g/mol. The lowest BCUT2D eigenvalue weighted by Crippen LogP contribution is -2.44. The summed E-state index contributed by atoms with van der Waals surface area (Å²) in [5.74, 6) is 1.52. The van der Waals surface area contributed by atoms with Gasteiger partial charge in [-0.2, -0.15) is 4.98 Å². The number of para-hydroxylation sites is 1. The fraction of sp³-hybridized carbons (Fsp3) is 0.571. The summed E-state index contributed by atoms with van der Waals surface area (Å²) >= 11 is 0. The predicted octanol–water partition coefficient (Wildman–Crippen LogP) is 3.72. The zero-order valence-corrected chi connectivity index (χ0v) is 16.0. The van der Waals surface area contributed by atoms with E-state index in [2.05, 4.69) is 16.5 Å². The average molecular weight is 382 g/mol. The highest BCUT2D eigenvalue weighted by molar-refractivity contribution is 5.95. The van der Waals surface area contributed by atoms with Gasteiger partial charge in [0.15, 0.2) is 5.82 Å². The van der Waals surface area contributed by atoms with Gasteiger partial charge in [0.2, 0.25) is 5.89 Å². The fourth-order valence-corrected chi connectivity index (χ4v) is 4.65. The van der Waals surface area contributed by atoms with Crippen molar-refractivity contribution in [1.82, 2.24) is 15.5 Å². The normalized spacial score (nSPS) is 23.1. The zero-order valence-electron chi connectivity index (χ0n) is 16.0. The van der Waals surface area contributed by atoms with Gasteiger partial charge in [0.25, 0.3) is 0 Å². The summed E-state index contributed by atoms with van der Waals surface area (Å²) < 4.78 is 11.0. The van der Waals surface area contributed by atoms with E-state index in [1.165, 1.54) is 12.8 Å². The van der Waals surface area contributed by atoms with E-state index in [0.29, 0.717) is 18.1 Å². The Hall–Kier alpha value is -2.41. The zero-order chi connectivity index (χ0) is 18.9. The molecule has 28 heavy (non-hydrogen) atoms. The third kappa shape index (κ3) is 3.28. The Morgan fingerprint density at radius 3 is 2.71 bits per heavy atom. The maximum Gasteiger partial charge on any atom is 0.322 e. The first kappa shape index (κ1) is 17.7. The summed E-state index contributed by atoms with van der Waals surface area (Å²) in [5, 5.41) is 7.49. The molecule has 0 radical (unpaired) electrons. The topological polar surface area (TPSA) is 80.5 Å². The van der Waals surface area contributed by atoms with Crippen LogP contribution in [-0.2, 0) is 11.2 Å². The second-order valence-corrected chi connectivity index (χ2v) is 8.03. The number of hydrogen-bond acceptors (Lipinski definition) is 5. The number of hydrogen-bond donors (Lipinski definition) is 1. The predicted molar refractivity (Wildman–Crippen MR) is 103 cm³/mol. The van der Waals surface area contributed by atoms with Crippen molar-refractivity contribution in [3.63, 3.8) is 0 Å². The number of rotatable bonds is 3. The average Bonchev–Trinajstić information content (AvgIpc) is 3.47. The van der Waals surface area contributed by atoms with Crippen molar-refractivity contribution in [2.45, 2.75) is 62.9 Å². The van der Waals surface area contributed by atoms with Crippen LogP contribution in [0.25, 0.3) is 0 Å². The van der Waals surface area contributed by atoms with Crippen LogP contribution in [0, 0.1) is 0 Å². The van der Waals surface area contributed by atoms with Crippen LogP contribution in [0.5, 0.6) is 0 Å². The molecule has 7 nitrogen and oxygen atoms in total. The van der Waals surface area contributed by atoms with Gasteiger partial charge in [-0.1, -0.05) is 36.2 Å². The summed E-state index contributed by atoms with van der Waals surface area (Å²) in [4.78, 5) is 19.7. The molecule has 1 aliphatic carbocycles. The van der Waals surface area contributed by atoms with Crippen LogP contribution in [0.4, 0.5) is 10.5 Å². The quantitative estimate of drug-likeness (QED) is 0.875. The Labute approximate surface area is 164 Å². The maximum atomic E-state index is 13.2. The number of urea groups is 1. The van der Waals surface area contributed by atoms with E-state index < -0.39 is 0 Å². The van der Waals surface area contributed by atoms with Gasteiger partial charge in [-0.05, 0) is 37.3 Å². The Bertz CT molecular complexity index is 840. The van der Waals surface area contributed by atoms with Crippen molar-refractivity contribution in [3.05, 3.63) is 41.5 Å². The van der Waals surface area contributed by atoms with Crippen LogP contribution in [0.2, 0.25) is 0 Å². The van der Waals surface area contributed by atoms with E-state index in [4.69, 9.17) is 14.2 Å². The second-order valence-electron chi connectivity index (χ2n) is 8.03. The molecular formula is C21H26N4O3. The summed E-state index contributed by atoms with van der Waals surface area (Å²) in [5.41, 5.74) is 2.09. The van der Waals surface area contributed by atoms with Crippen molar-refractivity contribution in [3.8, 4) is 0 Å². The van der Waals surface area contributed by atoms with Gasteiger partial charge in [0.1, 0.15) is 6.04 Å². The lowest BCUT2D eigenvalue weighted by molar-refractivity contribution is 0.0778. The molecule has 2 aromatic rings. The number of benzene rings is 1. The van der Waals surface area contributed by atoms with E-state index in [1.807, 2.05) is 23.1 Å². The standard InChI is InChI=1S/C21H26N4O3/c26-21(22-16-6-2-3-7-16)25-17-8-4-1-5-15(17)13-18(25)19-23-20(28-24-19)14-9-11-27-12-10-14/h1,4-5,8,14,16,18H,2-3,6-7,9-13H2,(H,22,26). The lowest BCUT2D eigenvalue weighted by Gasteiger charge is -2.25. The smallest absolute Gasteiger partial charge is 0.322 e. The number of nitrogens with zero attached hydrogens (tertiary/aromatic N) is 3. The molecule has 5 rings (SSSR count). The molecule has 0 spiro atoms. The Morgan fingerprint density at radius 2 is 1.89 bits per heavy atom. The number of amides is 2. The minimum Gasteiger partial charge on any atom is -0.381 e. The van der Waals surface area contributed by atoms with Gasteiger partial charge in [-0.15, -0.1) is 0 Å². The molecule has 1 aromatic heterocycles. The first-order valence-corrected chi connectivity index (χ1v) is 10.4. The molecule has 1 atom stereocenters.